The molecule has 0 saturated carbocycles. The molecule has 0 saturated heterocycles. The van der Waals surface area contributed by atoms with Gasteiger partial charge < -0.3 is 20.1 Å². The maximum atomic E-state index is 8.52. The molecule has 13 heteroatoms. The molecule has 0 unspecified atom stereocenters. The number of hydrogen-bond donors (Lipinski definition) is 0. The average Bonchev–Trinajstić information content (AvgIpc) is 0.722. The Morgan fingerprint density at radius 3 is 0.786 bits per heavy atom. The molecule has 6 nitrogen and oxygen atoms in total. The van der Waals surface area contributed by atoms with Crippen molar-refractivity contribution >= 4 is 147 Å². The minimum Gasteiger partial charge on any atom is -0.870 e. The van der Waals surface area contributed by atoms with E-state index in [4.69, 9.17) is 17.5 Å². The third-order valence-electron chi connectivity index (χ3n) is 0. The van der Waals surface area contributed by atoms with Crippen LogP contribution in [0.15, 0.2) is 0 Å². The summed E-state index contributed by atoms with van der Waals surface area (Å²) in [5.41, 5.74) is 0. The Hall–Kier alpha value is 6.34. The minimum atomic E-state index is -5.17. The van der Waals surface area contributed by atoms with Crippen LogP contribution < -0.4 is 59.1 Å². The molecule has 14 heavy (non-hydrogen) atoms. The van der Waals surface area contributed by atoms with Gasteiger partial charge in [0, 0.05) is 10.4 Å². The first-order valence-electron chi connectivity index (χ1n) is 0.667. The van der Waals surface area contributed by atoms with Gasteiger partial charge in [0.15, 0.2) is 0 Å². The van der Waals surface area contributed by atoms with E-state index in [9.17, 15) is 0 Å². The van der Waals surface area contributed by atoms with Crippen molar-refractivity contribution in [2.45, 2.75) is 7.43 Å². The first-order valence-corrected chi connectivity index (χ1v) is 2.00. The molecule has 2 N–H and O–H groups in total. The molecular weight excluding hydrogens is 331 g/mol. The van der Waals surface area contributed by atoms with Crippen LogP contribution in [0.5, 0.6) is 0 Å². The van der Waals surface area contributed by atoms with Crippen molar-refractivity contribution < 1.29 is 87.6 Å². The molecule has 0 aromatic carbocycles. The summed E-state index contributed by atoms with van der Waals surface area (Å²) in [5, 5.41) is 0. The smallest absolute Gasteiger partial charge is 0.870 e. The van der Waals surface area contributed by atoms with Crippen molar-refractivity contribution in [3.63, 3.8) is 0 Å². The van der Waals surface area contributed by atoms with Crippen molar-refractivity contribution in [3.05, 3.63) is 0 Å². The van der Waals surface area contributed by atoms with Crippen molar-refractivity contribution in [2.75, 3.05) is 0 Å². The fourth-order valence-corrected chi connectivity index (χ4v) is 0. The van der Waals surface area contributed by atoms with Crippen LogP contribution in [0.25, 0.3) is 0 Å². The molecule has 0 rings (SSSR count). The molecule has 0 amide bonds. The van der Waals surface area contributed by atoms with Gasteiger partial charge in [-0.1, -0.05) is 7.43 Å². The van der Waals surface area contributed by atoms with Crippen molar-refractivity contribution in [1.82, 2.24) is 0 Å². The zero-order chi connectivity index (χ0) is 4.50. The van der Waals surface area contributed by atoms with E-state index in [1.54, 1.807) is 0 Å². The van der Waals surface area contributed by atoms with E-state index in [0.29, 0.717) is 0 Å². The second-order valence-electron chi connectivity index (χ2n) is 0.408. The monoisotopic (exact) mass is 336 g/mol. The molecular formula is CH6Ca3MgNa2O6S+6. The van der Waals surface area contributed by atoms with Crippen LogP contribution >= 0.6 is 0 Å². The van der Waals surface area contributed by atoms with Crippen LogP contribution in [-0.4, -0.2) is 165 Å². The summed E-state index contributed by atoms with van der Waals surface area (Å²) in [4.78, 5) is 0. The molecule has 0 aliphatic rings. The average molecular weight is 337 g/mol. The Balaban J connectivity index is -0.00000000222. The van der Waals surface area contributed by atoms with Gasteiger partial charge in [-0.25, -0.2) is 0 Å². The van der Waals surface area contributed by atoms with Gasteiger partial charge in [-0.3, -0.25) is 8.42 Å². The van der Waals surface area contributed by atoms with E-state index in [1.807, 2.05) is 0 Å². The van der Waals surface area contributed by atoms with Gasteiger partial charge in [-0.05, 0) is 0 Å². The van der Waals surface area contributed by atoms with E-state index in [-0.39, 0.29) is 214 Å². The summed E-state index contributed by atoms with van der Waals surface area (Å²) in [6.07, 6.45) is 0. The largest absolute Gasteiger partial charge is 2.00 e. The molecule has 0 atom stereocenters. The Bertz CT molecular complexity index is 114. The second-order valence-corrected chi connectivity index (χ2v) is 1.22. The molecule has 0 aliphatic heterocycles. The molecule has 0 fully saturated rings. The molecule has 0 bridgehead atoms. The minimum absolute atomic E-state index is 0. The fourth-order valence-electron chi connectivity index (χ4n) is 0. The normalized spacial score (nSPS) is 4.14. The molecule has 0 aliphatic carbocycles. The molecule has 0 heterocycles. The molecule has 0 aromatic heterocycles. The Morgan fingerprint density at radius 1 is 0.786 bits per heavy atom. The third-order valence-corrected chi connectivity index (χ3v) is 0. The van der Waals surface area contributed by atoms with Crippen molar-refractivity contribution in [1.29, 1.82) is 0 Å². The number of hydrogen-bond acceptors (Lipinski definition) is 6. The van der Waals surface area contributed by atoms with E-state index < -0.39 is 10.4 Å². The van der Waals surface area contributed by atoms with Crippen LogP contribution in [-0.2, 0) is 10.4 Å². The summed E-state index contributed by atoms with van der Waals surface area (Å²) in [7, 11) is -5.17. The van der Waals surface area contributed by atoms with Gasteiger partial charge >= 0.3 is 195 Å². The summed E-state index contributed by atoms with van der Waals surface area (Å²) in [6.45, 7) is 0. The van der Waals surface area contributed by atoms with Gasteiger partial charge in [0.05, 0.1) is 0 Å². The van der Waals surface area contributed by atoms with Gasteiger partial charge in [0.1, 0.15) is 0 Å². The first kappa shape index (κ1) is 71.2. The molecule has 56 valence electrons. The summed E-state index contributed by atoms with van der Waals surface area (Å²) >= 11 is 0. The maximum absolute atomic E-state index is 8.52. The van der Waals surface area contributed by atoms with Crippen molar-refractivity contribution in [2.24, 2.45) is 0 Å². The predicted octanol–water partition coefficient (Wildman–Crippen LogP) is -8.57. The van der Waals surface area contributed by atoms with E-state index in [0.717, 1.165) is 0 Å². The Labute approximate surface area is 235 Å². The Morgan fingerprint density at radius 2 is 0.786 bits per heavy atom. The first-order chi connectivity index (χ1) is 2.00. The molecule has 0 spiro atoms. The van der Waals surface area contributed by atoms with Crippen LogP contribution in [0.4, 0.5) is 0 Å². The zero-order valence-electron chi connectivity index (χ0n) is 7.76. The number of rotatable bonds is 0. The summed E-state index contributed by atoms with van der Waals surface area (Å²) in [5.74, 6) is 0. The van der Waals surface area contributed by atoms with Crippen LogP contribution in [0.1, 0.15) is 7.43 Å². The zero-order valence-corrected chi connectivity index (χ0v) is 20.6. The van der Waals surface area contributed by atoms with Crippen LogP contribution in [0, 0.1) is 0 Å². The standard InChI is InChI=1S/CH4.3Ca.Mg.2Na.H2O4S.2H2O/c;;;;;;;1-5(2,3)4;;/h1H4;;;;;;;(H2,1,2,3,4);2*1H2/q;4*+2;2*+1;;;/p-4. The van der Waals surface area contributed by atoms with Gasteiger partial charge in [-0.15, -0.1) is 0 Å². The predicted molar refractivity (Wildman–Crippen MR) is 44.1 cm³/mol. The quantitative estimate of drug-likeness (QED) is 0.244. The summed E-state index contributed by atoms with van der Waals surface area (Å²) in [6, 6.07) is 0. The van der Waals surface area contributed by atoms with Crippen LogP contribution in [0.2, 0.25) is 0 Å². The topological polar surface area (TPSA) is 140 Å². The van der Waals surface area contributed by atoms with Gasteiger partial charge in [0.25, 0.3) is 0 Å². The second kappa shape index (κ2) is 42.7. The van der Waals surface area contributed by atoms with Gasteiger partial charge in [0.2, 0.25) is 0 Å². The third kappa shape index (κ3) is 137. The van der Waals surface area contributed by atoms with Crippen molar-refractivity contribution in [3.8, 4) is 0 Å². The maximum Gasteiger partial charge on any atom is 2.00 e. The van der Waals surface area contributed by atoms with E-state index in [2.05, 4.69) is 0 Å². The molecule has 0 aromatic rings. The van der Waals surface area contributed by atoms with Gasteiger partial charge in [-0.2, -0.15) is 0 Å². The SMILES string of the molecule is C.O=S(=O)([O-])[O-].[Ca+2].[Ca+2].[Ca+2].[Mg+2].[Na+].[Na+].[OH-].[OH-]. The van der Waals surface area contributed by atoms with E-state index >= 15 is 0 Å². The fraction of sp³-hybridized carbons (Fsp3) is 1.00. The molecule has 0 radical (unpaired) electrons. The summed E-state index contributed by atoms with van der Waals surface area (Å²) < 4.78 is 34.1. The van der Waals surface area contributed by atoms with E-state index in [1.165, 1.54) is 0 Å². The Kier molecular flexibility index (Phi) is 217. The van der Waals surface area contributed by atoms with Crippen LogP contribution in [0.3, 0.4) is 0 Å².